The highest BCUT2D eigenvalue weighted by Crippen LogP contribution is 2.14. The van der Waals surface area contributed by atoms with Crippen LogP contribution in [0.4, 0.5) is 5.95 Å². The molecule has 1 aromatic rings. The van der Waals surface area contributed by atoms with E-state index in [2.05, 4.69) is 9.97 Å². The second-order valence-electron chi connectivity index (χ2n) is 4.08. The Kier molecular flexibility index (Phi) is 4.41. The molecule has 2 N–H and O–H groups in total. The van der Waals surface area contributed by atoms with Crippen LogP contribution in [0, 0.1) is 5.92 Å². The first-order valence-corrected chi connectivity index (χ1v) is 6.85. The lowest BCUT2D eigenvalue weighted by atomic mass is 10.1. The lowest BCUT2D eigenvalue weighted by Gasteiger charge is -2.20. The van der Waals surface area contributed by atoms with E-state index in [4.69, 9.17) is 5.73 Å². The van der Waals surface area contributed by atoms with Crippen LogP contribution in [0.25, 0.3) is 0 Å². The van der Waals surface area contributed by atoms with E-state index < -0.39 is 10.0 Å². The first-order valence-electron chi connectivity index (χ1n) is 5.41. The summed E-state index contributed by atoms with van der Waals surface area (Å²) < 4.78 is 25.5. The van der Waals surface area contributed by atoms with Gasteiger partial charge in [-0.25, -0.2) is 22.7 Å². The van der Waals surface area contributed by atoms with Crippen molar-refractivity contribution in [3.8, 4) is 0 Å². The average Bonchev–Trinajstić information content (AvgIpc) is 2.29. The van der Waals surface area contributed by atoms with Gasteiger partial charge in [-0.05, 0) is 5.92 Å². The van der Waals surface area contributed by atoms with Gasteiger partial charge in [-0.3, -0.25) is 0 Å². The van der Waals surface area contributed by atoms with E-state index in [0.29, 0.717) is 12.5 Å². The summed E-state index contributed by atoms with van der Waals surface area (Å²) in [7, 11) is -1.95. The van der Waals surface area contributed by atoms with Crippen LogP contribution in [0.15, 0.2) is 17.3 Å². The van der Waals surface area contributed by atoms with Crippen molar-refractivity contribution >= 4 is 16.0 Å². The van der Waals surface area contributed by atoms with Crippen molar-refractivity contribution in [1.82, 2.24) is 14.3 Å². The lowest BCUT2D eigenvalue weighted by Crippen LogP contribution is -2.31. The summed E-state index contributed by atoms with van der Waals surface area (Å²) in [5, 5.41) is 0. The Hall–Kier alpha value is -1.21. The van der Waals surface area contributed by atoms with E-state index in [1.54, 1.807) is 7.05 Å². The molecule has 0 aliphatic carbocycles. The molecular weight excluding hydrogens is 240 g/mol. The fourth-order valence-electron chi connectivity index (χ4n) is 1.31. The van der Waals surface area contributed by atoms with Gasteiger partial charge >= 0.3 is 0 Å². The van der Waals surface area contributed by atoms with Crippen LogP contribution in [0.1, 0.15) is 20.3 Å². The second kappa shape index (κ2) is 5.42. The van der Waals surface area contributed by atoms with E-state index in [-0.39, 0.29) is 10.8 Å². The molecule has 1 aromatic heterocycles. The molecule has 0 fully saturated rings. The van der Waals surface area contributed by atoms with E-state index in [1.165, 1.54) is 16.7 Å². The molecule has 0 aliphatic heterocycles. The van der Waals surface area contributed by atoms with Crippen LogP contribution in [0.2, 0.25) is 0 Å². The van der Waals surface area contributed by atoms with Crippen LogP contribution in [0.3, 0.4) is 0 Å². The Morgan fingerprint density at radius 3 is 2.41 bits per heavy atom. The van der Waals surface area contributed by atoms with Crippen molar-refractivity contribution in [3.05, 3.63) is 12.4 Å². The molecule has 0 saturated carbocycles. The number of nitrogen functional groups attached to an aromatic ring is 1. The minimum Gasteiger partial charge on any atom is -0.368 e. The number of anilines is 1. The van der Waals surface area contributed by atoms with Crippen molar-refractivity contribution < 1.29 is 8.42 Å². The number of hydrogen-bond acceptors (Lipinski definition) is 5. The summed E-state index contributed by atoms with van der Waals surface area (Å²) in [4.78, 5) is 7.44. The first-order chi connectivity index (χ1) is 7.87. The molecule has 1 atom stereocenters. The van der Waals surface area contributed by atoms with Crippen molar-refractivity contribution in [1.29, 1.82) is 0 Å². The van der Waals surface area contributed by atoms with Crippen LogP contribution < -0.4 is 5.73 Å². The van der Waals surface area contributed by atoms with E-state index >= 15 is 0 Å². The molecule has 0 aliphatic rings. The summed E-state index contributed by atoms with van der Waals surface area (Å²) in [6, 6.07) is 0. The molecule has 1 heterocycles. The third-order valence-corrected chi connectivity index (χ3v) is 4.40. The van der Waals surface area contributed by atoms with Crippen LogP contribution in [-0.4, -0.2) is 36.3 Å². The van der Waals surface area contributed by atoms with Gasteiger partial charge in [-0.1, -0.05) is 20.3 Å². The normalized spacial score (nSPS) is 13.9. The van der Waals surface area contributed by atoms with Gasteiger partial charge in [0.25, 0.3) is 0 Å². The number of hydrogen-bond donors (Lipinski definition) is 1. The number of aromatic nitrogens is 2. The minimum absolute atomic E-state index is 0.0635. The van der Waals surface area contributed by atoms with E-state index in [1.807, 2.05) is 13.8 Å². The summed E-state index contributed by atoms with van der Waals surface area (Å²) in [5.41, 5.74) is 5.32. The highest BCUT2D eigenvalue weighted by atomic mass is 32.2. The van der Waals surface area contributed by atoms with Crippen molar-refractivity contribution in [3.63, 3.8) is 0 Å². The second-order valence-corrected chi connectivity index (χ2v) is 6.12. The Morgan fingerprint density at radius 1 is 1.41 bits per heavy atom. The molecule has 7 heteroatoms. The molecule has 1 rings (SSSR count). The van der Waals surface area contributed by atoms with Crippen LogP contribution >= 0.6 is 0 Å². The van der Waals surface area contributed by atoms with Gasteiger partial charge < -0.3 is 5.73 Å². The quantitative estimate of drug-likeness (QED) is 0.840. The molecule has 1 unspecified atom stereocenters. The topological polar surface area (TPSA) is 89.2 Å². The zero-order chi connectivity index (χ0) is 13.1. The summed E-state index contributed by atoms with van der Waals surface area (Å²) >= 11 is 0. The minimum atomic E-state index is -3.51. The highest BCUT2D eigenvalue weighted by Gasteiger charge is 2.22. The molecular formula is C10H18N4O2S. The molecule has 0 amide bonds. The van der Waals surface area contributed by atoms with Gasteiger partial charge in [0.05, 0.1) is 12.4 Å². The Balaban J connectivity index is 2.91. The molecule has 0 aromatic carbocycles. The molecule has 0 bridgehead atoms. The predicted molar refractivity (Wildman–Crippen MR) is 65.7 cm³/mol. The fraction of sp³-hybridized carbons (Fsp3) is 0.600. The van der Waals surface area contributed by atoms with Gasteiger partial charge in [-0.2, -0.15) is 0 Å². The largest absolute Gasteiger partial charge is 0.368 e. The van der Waals surface area contributed by atoms with Crippen molar-refractivity contribution in [2.45, 2.75) is 25.2 Å². The van der Waals surface area contributed by atoms with Crippen LogP contribution in [-0.2, 0) is 10.0 Å². The number of nitrogens with two attached hydrogens (primary N) is 1. The number of rotatable bonds is 5. The first kappa shape index (κ1) is 13.9. The average molecular weight is 258 g/mol. The van der Waals surface area contributed by atoms with E-state index in [0.717, 1.165) is 6.42 Å². The smallest absolute Gasteiger partial charge is 0.245 e. The Bertz CT molecular complexity index is 458. The maximum Gasteiger partial charge on any atom is 0.245 e. The van der Waals surface area contributed by atoms with E-state index in [9.17, 15) is 8.42 Å². The summed E-state index contributed by atoms with van der Waals surface area (Å²) in [6.45, 7) is 4.51. The monoisotopic (exact) mass is 258 g/mol. The van der Waals surface area contributed by atoms with Gasteiger partial charge in [0.1, 0.15) is 4.90 Å². The van der Waals surface area contributed by atoms with Crippen molar-refractivity contribution in [2.24, 2.45) is 5.92 Å². The number of sulfonamides is 1. The molecule has 0 spiro atoms. The maximum absolute atomic E-state index is 12.1. The predicted octanol–water partition coefficient (Wildman–Crippen LogP) is 0.725. The Morgan fingerprint density at radius 2 is 1.94 bits per heavy atom. The zero-order valence-electron chi connectivity index (χ0n) is 10.3. The van der Waals surface area contributed by atoms with Gasteiger partial charge in [0.2, 0.25) is 16.0 Å². The molecule has 0 saturated heterocycles. The van der Waals surface area contributed by atoms with Gasteiger partial charge in [-0.15, -0.1) is 0 Å². The lowest BCUT2D eigenvalue weighted by molar-refractivity contribution is 0.393. The molecule has 96 valence electrons. The van der Waals surface area contributed by atoms with Crippen LogP contribution in [0.5, 0.6) is 0 Å². The fourth-order valence-corrected chi connectivity index (χ4v) is 2.49. The third-order valence-electron chi connectivity index (χ3n) is 2.62. The van der Waals surface area contributed by atoms with Gasteiger partial charge in [0.15, 0.2) is 0 Å². The summed E-state index contributed by atoms with van der Waals surface area (Å²) in [6.07, 6.45) is 3.38. The maximum atomic E-state index is 12.1. The zero-order valence-corrected chi connectivity index (χ0v) is 11.1. The van der Waals surface area contributed by atoms with Gasteiger partial charge in [0, 0.05) is 13.6 Å². The number of nitrogens with zero attached hydrogens (tertiary/aromatic N) is 3. The standard InChI is InChI=1S/C10H18N4O2S/c1-4-8(2)7-14(3)17(15,16)9-5-12-10(11)13-6-9/h5-6,8H,4,7H2,1-3H3,(H2,11,12,13). The molecule has 6 nitrogen and oxygen atoms in total. The van der Waals surface area contributed by atoms with Crippen molar-refractivity contribution in [2.75, 3.05) is 19.3 Å². The molecule has 17 heavy (non-hydrogen) atoms. The Labute approximate surface area is 102 Å². The highest BCUT2D eigenvalue weighted by molar-refractivity contribution is 7.89. The SMILES string of the molecule is CCC(C)CN(C)S(=O)(=O)c1cnc(N)nc1. The third kappa shape index (κ3) is 3.37. The molecule has 0 radical (unpaired) electrons. The summed E-state index contributed by atoms with van der Waals surface area (Å²) in [5.74, 6) is 0.373.